The maximum absolute atomic E-state index is 13.8. The third-order valence-electron chi connectivity index (χ3n) is 2.60. The topological polar surface area (TPSA) is 39.2 Å². The molecule has 0 atom stereocenters. The molecule has 0 aliphatic rings. The first-order valence-electron chi connectivity index (χ1n) is 6.15. The summed E-state index contributed by atoms with van der Waals surface area (Å²) in [5.41, 5.74) is 1.25. The minimum Gasteiger partial charge on any atom is -0.466 e. The van der Waals surface area contributed by atoms with Gasteiger partial charge in [-0.25, -0.2) is 9.37 Å². The van der Waals surface area contributed by atoms with Crippen LogP contribution in [-0.4, -0.2) is 17.6 Å². The van der Waals surface area contributed by atoms with Gasteiger partial charge in [-0.3, -0.25) is 4.79 Å². The molecule has 20 heavy (non-hydrogen) atoms. The van der Waals surface area contributed by atoms with E-state index in [0.29, 0.717) is 34.5 Å². The van der Waals surface area contributed by atoms with Crippen molar-refractivity contribution in [3.8, 4) is 10.6 Å². The number of hydrogen-bond donors (Lipinski definition) is 0. The van der Waals surface area contributed by atoms with E-state index < -0.39 is 0 Å². The molecule has 0 spiro atoms. The van der Waals surface area contributed by atoms with Crippen molar-refractivity contribution < 1.29 is 13.9 Å². The van der Waals surface area contributed by atoms with Gasteiger partial charge in [-0.2, -0.15) is 0 Å². The number of ether oxygens (including phenoxy) is 1. The predicted octanol–water partition coefficient (Wildman–Crippen LogP) is 4.21. The molecule has 6 heteroatoms. The van der Waals surface area contributed by atoms with E-state index in [2.05, 4.69) is 20.9 Å². The van der Waals surface area contributed by atoms with Gasteiger partial charge in [0.25, 0.3) is 0 Å². The lowest BCUT2D eigenvalue weighted by Gasteiger charge is -2.00. The van der Waals surface area contributed by atoms with Gasteiger partial charge in [0.1, 0.15) is 10.8 Å². The summed E-state index contributed by atoms with van der Waals surface area (Å²) in [6, 6.07) is 4.88. The Hall–Kier alpha value is -1.27. The molecule has 0 aliphatic carbocycles. The van der Waals surface area contributed by atoms with Gasteiger partial charge in [0, 0.05) is 21.8 Å². The van der Waals surface area contributed by atoms with Crippen LogP contribution in [0.4, 0.5) is 4.39 Å². The second kappa shape index (κ2) is 6.95. The van der Waals surface area contributed by atoms with E-state index >= 15 is 0 Å². The largest absolute Gasteiger partial charge is 0.466 e. The van der Waals surface area contributed by atoms with Crippen molar-refractivity contribution in [2.75, 3.05) is 6.61 Å². The summed E-state index contributed by atoms with van der Waals surface area (Å²) in [5.74, 6) is -0.553. The third kappa shape index (κ3) is 3.86. The fraction of sp³-hybridized carbons (Fsp3) is 0.286. The van der Waals surface area contributed by atoms with Crippen LogP contribution in [0, 0.1) is 5.82 Å². The molecule has 106 valence electrons. The molecule has 0 N–H and O–H groups in total. The summed E-state index contributed by atoms with van der Waals surface area (Å²) in [4.78, 5) is 15.6. The molecule has 0 radical (unpaired) electrons. The Labute approximate surface area is 128 Å². The fourth-order valence-corrected chi connectivity index (χ4v) is 2.89. The minimum atomic E-state index is -0.314. The number of hydrogen-bond acceptors (Lipinski definition) is 4. The van der Waals surface area contributed by atoms with E-state index in [1.807, 2.05) is 5.38 Å². The molecule has 2 aromatic rings. The lowest BCUT2D eigenvalue weighted by Crippen LogP contribution is -2.05. The van der Waals surface area contributed by atoms with Crippen LogP contribution in [0.1, 0.15) is 19.0 Å². The maximum Gasteiger partial charge on any atom is 0.306 e. The first-order chi connectivity index (χ1) is 9.60. The van der Waals surface area contributed by atoms with E-state index in [1.165, 1.54) is 17.4 Å². The van der Waals surface area contributed by atoms with Crippen LogP contribution < -0.4 is 0 Å². The Kier molecular flexibility index (Phi) is 5.25. The molecule has 0 amide bonds. The van der Waals surface area contributed by atoms with Gasteiger partial charge in [0.05, 0.1) is 18.7 Å². The summed E-state index contributed by atoms with van der Waals surface area (Å²) >= 11 is 4.59. The van der Waals surface area contributed by atoms with Crippen molar-refractivity contribution in [3.63, 3.8) is 0 Å². The van der Waals surface area contributed by atoms with Crippen LogP contribution in [-0.2, 0) is 16.0 Å². The monoisotopic (exact) mass is 357 g/mol. The van der Waals surface area contributed by atoms with Crippen molar-refractivity contribution in [2.45, 2.75) is 19.8 Å². The summed E-state index contributed by atoms with van der Waals surface area (Å²) in [7, 11) is 0. The number of esters is 1. The van der Waals surface area contributed by atoms with E-state index in [0.717, 1.165) is 5.69 Å². The highest BCUT2D eigenvalue weighted by atomic mass is 79.9. The van der Waals surface area contributed by atoms with E-state index in [4.69, 9.17) is 4.74 Å². The number of aryl methyl sites for hydroxylation is 1. The number of rotatable bonds is 5. The number of aromatic nitrogens is 1. The molecule has 1 heterocycles. The molecule has 0 unspecified atom stereocenters. The van der Waals surface area contributed by atoms with Crippen molar-refractivity contribution in [1.82, 2.24) is 4.98 Å². The quantitative estimate of drug-likeness (QED) is 0.752. The van der Waals surface area contributed by atoms with E-state index in [9.17, 15) is 9.18 Å². The fourth-order valence-electron chi connectivity index (χ4n) is 1.67. The van der Waals surface area contributed by atoms with Crippen LogP contribution in [0.3, 0.4) is 0 Å². The number of benzene rings is 1. The molecule has 2 rings (SSSR count). The van der Waals surface area contributed by atoms with E-state index in [1.54, 1.807) is 19.1 Å². The SMILES string of the molecule is CCOC(=O)CCc1csc(-c2ccc(Br)cc2F)n1. The van der Waals surface area contributed by atoms with Gasteiger partial charge in [-0.05, 0) is 25.1 Å². The summed E-state index contributed by atoms with van der Waals surface area (Å²) in [6.07, 6.45) is 0.799. The number of nitrogens with zero attached hydrogens (tertiary/aromatic N) is 1. The second-order valence-corrected chi connectivity index (χ2v) is 5.85. The van der Waals surface area contributed by atoms with Gasteiger partial charge in [-0.15, -0.1) is 11.3 Å². The Morgan fingerprint density at radius 3 is 3.00 bits per heavy atom. The van der Waals surface area contributed by atoms with Crippen molar-refractivity contribution in [3.05, 3.63) is 39.6 Å². The average Bonchev–Trinajstić information content (AvgIpc) is 2.85. The second-order valence-electron chi connectivity index (χ2n) is 4.07. The number of carbonyl (C=O) groups excluding carboxylic acids is 1. The standard InChI is InChI=1S/C14H13BrFNO2S/c1-2-19-13(18)6-4-10-8-20-14(17-10)11-5-3-9(15)7-12(11)16/h3,5,7-8H,2,4,6H2,1H3. The Balaban J connectivity index is 2.07. The van der Waals surface area contributed by atoms with Gasteiger partial charge in [-0.1, -0.05) is 15.9 Å². The molecule has 0 bridgehead atoms. The molecule has 1 aromatic heterocycles. The smallest absolute Gasteiger partial charge is 0.306 e. The van der Waals surface area contributed by atoms with Gasteiger partial charge >= 0.3 is 5.97 Å². The zero-order chi connectivity index (χ0) is 14.5. The van der Waals surface area contributed by atoms with Crippen molar-refractivity contribution in [2.24, 2.45) is 0 Å². The molecule has 0 saturated carbocycles. The highest BCUT2D eigenvalue weighted by Crippen LogP contribution is 2.28. The highest BCUT2D eigenvalue weighted by Gasteiger charge is 2.11. The Bertz CT molecular complexity index is 615. The lowest BCUT2D eigenvalue weighted by atomic mass is 10.2. The Morgan fingerprint density at radius 1 is 1.50 bits per heavy atom. The highest BCUT2D eigenvalue weighted by molar-refractivity contribution is 9.10. The third-order valence-corrected chi connectivity index (χ3v) is 4.02. The van der Waals surface area contributed by atoms with Crippen LogP contribution in [0.25, 0.3) is 10.6 Å². The van der Waals surface area contributed by atoms with Crippen LogP contribution in [0.5, 0.6) is 0 Å². The molecular weight excluding hydrogens is 345 g/mol. The predicted molar refractivity (Wildman–Crippen MR) is 80.2 cm³/mol. The normalized spacial score (nSPS) is 10.6. The van der Waals surface area contributed by atoms with Gasteiger partial charge < -0.3 is 4.74 Å². The average molecular weight is 358 g/mol. The van der Waals surface area contributed by atoms with Crippen LogP contribution in [0.15, 0.2) is 28.1 Å². The Morgan fingerprint density at radius 2 is 2.30 bits per heavy atom. The molecular formula is C14H13BrFNO2S. The summed E-state index contributed by atoms with van der Waals surface area (Å²) in [5, 5.41) is 2.46. The summed E-state index contributed by atoms with van der Waals surface area (Å²) < 4.78 is 19.4. The first-order valence-corrected chi connectivity index (χ1v) is 7.83. The van der Waals surface area contributed by atoms with Crippen LogP contribution in [0.2, 0.25) is 0 Å². The number of carbonyl (C=O) groups is 1. The van der Waals surface area contributed by atoms with Gasteiger partial charge in [0.2, 0.25) is 0 Å². The first kappa shape index (κ1) is 15.1. The van der Waals surface area contributed by atoms with Crippen molar-refractivity contribution in [1.29, 1.82) is 0 Å². The van der Waals surface area contributed by atoms with E-state index in [-0.39, 0.29) is 11.8 Å². The zero-order valence-corrected chi connectivity index (χ0v) is 13.3. The molecule has 0 aliphatic heterocycles. The molecule has 1 aromatic carbocycles. The number of thiazole rings is 1. The zero-order valence-electron chi connectivity index (χ0n) is 10.9. The van der Waals surface area contributed by atoms with Crippen molar-refractivity contribution >= 4 is 33.2 Å². The molecule has 3 nitrogen and oxygen atoms in total. The maximum atomic E-state index is 13.8. The lowest BCUT2D eigenvalue weighted by molar-refractivity contribution is -0.143. The number of halogens is 2. The molecule has 0 saturated heterocycles. The molecule has 0 fully saturated rings. The van der Waals surface area contributed by atoms with Gasteiger partial charge in [0.15, 0.2) is 0 Å². The van der Waals surface area contributed by atoms with Crippen LogP contribution >= 0.6 is 27.3 Å². The summed E-state index contributed by atoms with van der Waals surface area (Å²) in [6.45, 7) is 2.15. The minimum absolute atomic E-state index is 0.239.